The first-order valence-corrected chi connectivity index (χ1v) is 8.19. The van der Waals surface area contributed by atoms with Crippen LogP contribution in [-0.4, -0.2) is 54.0 Å². The van der Waals surface area contributed by atoms with Crippen LogP contribution < -0.4 is 5.32 Å². The normalized spacial score (nSPS) is 20.2. The van der Waals surface area contributed by atoms with E-state index < -0.39 is 10.0 Å². The Balaban J connectivity index is 2.10. The fraction of sp³-hybridized carbons (Fsp3) is 0.667. The van der Waals surface area contributed by atoms with Gasteiger partial charge in [-0.2, -0.15) is 4.31 Å². The number of hydrogen-bond acceptors (Lipinski definition) is 6. The zero-order chi connectivity index (χ0) is 14.6. The molecule has 1 saturated heterocycles. The molecule has 1 aromatic heterocycles. The monoisotopic (exact) mass is 300 g/mol. The molecule has 0 aromatic carbocycles. The molecule has 112 valence electrons. The van der Waals surface area contributed by atoms with Gasteiger partial charge >= 0.3 is 0 Å². The molecule has 1 aliphatic heterocycles. The molecule has 1 atom stereocenters. The molecule has 20 heavy (non-hydrogen) atoms. The smallest absolute Gasteiger partial charge is 0.246 e. The van der Waals surface area contributed by atoms with E-state index in [0.717, 1.165) is 6.42 Å². The van der Waals surface area contributed by atoms with Gasteiger partial charge in [-0.1, -0.05) is 0 Å². The standard InChI is InChI=1S/C12H20N4O3S/c1-2-13-12-14-7-11(8-15-12)20(18,19)16-5-3-10(9-16)4-6-17/h7-8,10,17H,2-6,9H2,1H3,(H,13,14,15). The summed E-state index contributed by atoms with van der Waals surface area (Å²) in [6, 6.07) is 0. The average Bonchev–Trinajstić information content (AvgIpc) is 2.90. The third-order valence-electron chi connectivity index (χ3n) is 3.39. The topological polar surface area (TPSA) is 95.4 Å². The van der Waals surface area contributed by atoms with Gasteiger partial charge in [-0.05, 0) is 25.7 Å². The van der Waals surface area contributed by atoms with Gasteiger partial charge in [-0.15, -0.1) is 0 Å². The van der Waals surface area contributed by atoms with E-state index in [1.54, 1.807) is 0 Å². The van der Waals surface area contributed by atoms with E-state index in [2.05, 4.69) is 15.3 Å². The van der Waals surface area contributed by atoms with Crippen LogP contribution in [0.15, 0.2) is 17.3 Å². The second-order valence-corrected chi connectivity index (χ2v) is 6.74. The zero-order valence-corrected chi connectivity index (χ0v) is 12.3. The summed E-state index contributed by atoms with van der Waals surface area (Å²) in [7, 11) is -3.52. The van der Waals surface area contributed by atoms with Crippen LogP contribution in [0.3, 0.4) is 0 Å². The van der Waals surface area contributed by atoms with E-state index in [0.29, 0.717) is 32.0 Å². The van der Waals surface area contributed by atoms with Crippen LogP contribution in [0.2, 0.25) is 0 Å². The van der Waals surface area contributed by atoms with E-state index >= 15 is 0 Å². The SMILES string of the molecule is CCNc1ncc(S(=O)(=O)N2CCC(CCO)C2)cn1. The molecule has 1 unspecified atom stereocenters. The average molecular weight is 300 g/mol. The molecular formula is C12H20N4O3S. The third kappa shape index (κ3) is 3.25. The van der Waals surface area contributed by atoms with E-state index in [9.17, 15) is 8.42 Å². The van der Waals surface area contributed by atoms with Crippen LogP contribution in [0.4, 0.5) is 5.95 Å². The highest BCUT2D eigenvalue weighted by Gasteiger charge is 2.32. The molecule has 8 heteroatoms. The van der Waals surface area contributed by atoms with Gasteiger partial charge in [0.15, 0.2) is 0 Å². The number of sulfonamides is 1. The molecule has 2 N–H and O–H groups in total. The predicted molar refractivity (Wildman–Crippen MR) is 74.8 cm³/mol. The largest absolute Gasteiger partial charge is 0.396 e. The Hall–Kier alpha value is -1.25. The second kappa shape index (κ2) is 6.47. The van der Waals surface area contributed by atoms with Crippen molar-refractivity contribution in [3.8, 4) is 0 Å². The highest BCUT2D eigenvalue weighted by molar-refractivity contribution is 7.89. The van der Waals surface area contributed by atoms with Crippen molar-refractivity contribution in [2.24, 2.45) is 5.92 Å². The molecule has 1 fully saturated rings. The van der Waals surface area contributed by atoms with Gasteiger partial charge in [0.25, 0.3) is 0 Å². The Morgan fingerprint density at radius 3 is 2.75 bits per heavy atom. The highest BCUT2D eigenvalue weighted by Crippen LogP contribution is 2.25. The lowest BCUT2D eigenvalue weighted by Gasteiger charge is -2.16. The fourth-order valence-electron chi connectivity index (χ4n) is 2.28. The van der Waals surface area contributed by atoms with E-state index in [1.165, 1.54) is 16.7 Å². The molecule has 0 amide bonds. The first kappa shape index (κ1) is 15.1. The Morgan fingerprint density at radius 1 is 1.45 bits per heavy atom. The van der Waals surface area contributed by atoms with Crippen molar-refractivity contribution < 1.29 is 13.5 Å². The molecule has 0 radical (unpaired) electrons. The summed E-state index contributed by atoms with van der Waals surface area (Å²) >= 11 is 0. The maximum absolute atomic E-state index is 12.4. The van der Waals surface area contributed by atoms with Crippen molar-refractivity contribution in [1.82, 2.24) is 14.3 Å². The van der Waals surface area contributed by atoms with Gasteiger partial charge in [0.2, 0.25) is 16.0 Å². The molecule has 2 rings (SSSR count). The van der Waals surface area contributed by atoms with E-state index in [1.807, 2.05) is 6.92 Å². The van der Waals surface area contributed by atoms with Crippen molar-refractivity contribution in [1.29, 1.82) is 0 Å². The maximum Gasteiger partial charge on any atom is 0.246 e. The first-order valence-electron chi connectivity index (χ1n) is 6.75. The predicted octanol–water partition coefficient (Wildman–Crippen LogP) is 0.301. The van der Waals surface area contributed by atoms with Gasteiger partial charge in [0.1, 0.15) is 4.90 Å². The van der Waals surface area contributed by atoms with E-state index in [-0.39, 0.29) is 17.4 Å². The number of hydrogen-bond donors (Lipinski definition) is 2. The summed E-state index contributed by atoms with van der Waals surface area (Å²) in [5.74, 6) is 0.655. The van der Waals surface area contributed by atoms with E-state index in [4.69, 9.17) is 5.11 Å². The summed E-state index contributed by atoms with van der Waals surface area (Å²) in [5, 5.41) is 11.8. The molecule has 2 heterocycles. The second-order valence-electron chi connectivity index (χ2n) is 4.80. The maximum atomic E-state index is 12.4. The number of aromatic nitrogens is 2. The molecule has 0 spiro atoms. The summed E-state index contributed by atoms with van der Waals surface area (Å²) in [5.41, 5.74) is 0. The van der Waals surface area contributed by atoms with Crippen molar-refractivity contribution >= 4 is 16.0 Å². The quantitative estimate of drug-likeness (QED) is 0.784. The number of nitrogens with one attached hydrogen (secondary N) is 1. The van der Waals surface area contributed by atoms with Gasteiger partial charge in [0.05, 0.1) is 12.4 Å². The van der Waals surface area contributed by atoms with Crippen LogP contribution in [0.5, 0.6) is 0 Å². The fourth-order valence-corrected chi connectivity index (χ4v) is 3.70. The van der Waals surface area contributed by atoms with Crippen LogP contribution in [-0.2, 0) is 10.0 Å². The minimum Gasteiger partial charge on any atom is -0.396 e. The minimum absolute atomic E-state index is 0.0963. The summed E-state index contributed by atoms with van der Waals surface area (Å²) in [6.07, 6.45) is 4.09. The Kier molecular flexibility index (Phi) is 4.90. The lowest BCUT2D eigenvalue weighted by Crippen LogP contribution is -2.29. The van der Waals surface area contributed by atoms with Crippen LogP contribution in [0.1, 0.15) is 19.8 Å². The van der Waals surface area contributed by atoms with Crippen LogP contribution >= 0.6 is 0 Å². The summed E-state index contributed by atoms with van der Waals surface area (Å²) in [6.45, 7) is 3.64. The lowest BCUT2D eigenvalue weighted by atomic mass is 10.1. The summed E-state index contributed by atoms with van der Waals surface area (Å²) in [4.78, 5) is 8.10. The third-order valence-corrected chi connectivity index (χ3v) is 5.20. The number of rotatable bonds is 6. The van der Waals surface area contributed by atoms with Gasteiger partial charge < -0.3 is 10.4 Å². The molecule has 0 aliphatic carbocycles. The number of aliphatic hydroxyl groups is 1. The van der Waals surface area contributed by atoms with Crippen LogP contribution in [0.25, 0.3) is 0 Å². The molecule has 0 saturated carbocycles. The van der Waals surface area contributed by atoms with Crippen LogP contribution in [0, 0.1) is 5.92 Å². The zero-order valence-electron chi connectivity index (χ0n) is 11.5. The van der Waals surface area contributed by atoms with Gasteiger partial charge in [0, 0.05) is 26.2 Å². The number of aliphatic hydroxyl groups excluding tert-OH is 1. The number of anilines is 1. The molecule has 0 bridgehead atoms. The Labute approximate surface area is 119 Å². The molecule has 1 aliphatic rings. The molecular weight excluding hydrogens is 280 g/mol. The lowest BCUT2D eigenvalue weighted by molar-refractivity contribution is 0.259. The van der Waals surface area contributed by atoms with Crippen molar-refractivity contribution in [2.45, 2.75) is 24.7 Å². The molecule has 7 nitrogen and oxygen atoms in total. The van der Waals surface area contributed by atoms with Gasteiger partial charge in [-0.25, -0.2) is 18.4 Å². The van der Waals surface area contributed by atoms with Crippen molar-refractivity contribution in [3.63, 3.8) is 0 Å². The summed E-state index contributed by atoms with van der Waals surface area (Å²) < 4.78 is 26.3. The molecule has 1 aromatic rings. The van der Waals surface area contributed by atoms with Gasteiger partial charge in [-0.3, -0.25) is 0 Å². The minimum atomic E-state index is -3.52. The first-order chi connectivity index (χ1) is 9.57. The van der Waals surface area contributed by atoms with Crippen molar-refractivity contribution in [3.05, 3.63) is 12.4 Å². The van der Waals surface area contributed by atoms with Crippen molar-refractivity contribution in [2.75, 3.05) is 31.6 Å². The highest BCUT2D eigenvalue weighted by atomic mass is 32.2. The number of nitrogens with zero attached hydrogens (tertiary/aromatic N) is 3. The Morgan fingerprint density at radius 2 is 2.15 bits per heavy atom. The Bertz CT molecular complexity index is 532.